The van der Waals surface area contributed by atoms with Crippen LogP contribution >= 0.6 is 0 Å². The van der Waals surface area contributed by atoms with Gasteiger partial charge in [0.15, 0.2) is 0 Å². The first kappa shape index (κ1) is 16.0. The Balaban J connectivity index is 2.50. The summed E-state index contributed by atoms with van der Waals surface area (Å²) in [6.07, 6.45) is 0. The van der Waals surface area contributed by atoms with Gasteiger partial charge in [0.05, 0.1) is 17.1 Å². The summed E-state index contributed by atoms with van der Waals surface area (Å²) >= 11 is 0. The Morgan fingerprint density at radius 1 is 1.14 bits per heavy atom. The number of halogens is 1. The van der Waals surface area contributed by atoms with Crippen molar-refractivity contribution < 1.29 is 12.8 Å². The second-order valence-electron chi connectivity index (χ2n) is 4.83. The molecule has 7 heteroatoms. The van der Waals surface area contributed by atoms with Gasteiger partial charge in [-0.3, -0.25) is 9.71 Å². The van der Waals surface area contributed by atoms with Crippen LogP contribution in [-0.4, -0.2) is 20.8 Å². The molecule has 0 saturated carbocycles. The molecule has 0 aliphatic rings. The Morgan fingerprint density at radius 3 is 2.18 bits per heavy atom. The molecule has 116 valence electrons. The molecule has 3 N–H and O–H groups in total. The lowest BCUT2D eigenvalue weighted by atomic mass is 10.2. The SMILES string of the molecule is Cc1ccc(N(CC(=N)N)S(=O)(=O)c2ccc(F)cc2)cc1. The predicted molar refractivity (Wildman–Crippen MR) is 84.0 cm³/mol. The fraction of sp³-hybridized carbons (Fsp3) is 0.133. The van der Waals surface area contributed by atoms with Gasteiger partial charge in [-0.2, -0.15) is 0 Å². The zero-order valence-corrected chi connectivity index (χ0v) is 12.8. The van der Waals surface area contributed by atoms with Gasteiger partial charge in [0.2, 0.25) is 0 Å². The van der Waals surface area contributed by atoms with Gasteiger partial charge in [-0.05, 0) is 43.3 Å². The fourth-order valence-corrected chi connectivity index (χ4v) is 3.36. The van der Waals surface area contributed by atoms with Crippen molar-refractivity contribution in [1.82, 2.24) is 0 Å². The number of nitrogens with zero attached hydrogens (tertiary/aromatic N) is 1. The number of aryl methyl sites for hydroxylation is 1. The molecule has 2 rings (SSSR count). The van der Waals surface area contributed by atoms with E-state index in [-0.39, 0.29) is 17.3 Å². The highest BCUT2D eigenvalue weighted by atomic mass is 32.2. The van der Waals surface area contributed by atoms with E-state index < -0.39 is 15.8 Å². The molecule has 2 aromatic rings. The first-order valence-electron chi connectivity index (χ1n) is 6.48. The van der Waals surface area contributed by atoms with Gasteiger partial charge in [-0.1, -0.05) is 17.7 Å². The highest BCUT2D eigenvalue weighted by molar-refractivity contribution is 7.92. The lowest BCUT2D eigenvalue weighted by Crippen LogP contribution is -2.38. The largest absolute Gasteiger partial charge is 0.386 e. The summed E-state index contributed by atoms with van der Waals surface area (Å²) in [5, 5.41) is 7.40. The molecule has 0 amide bonds. The summed E-state index contributed by atoms with van der Waals surface area (Å²) < 4.78 is 39.5. The third-order valence-electron chi connectivity index (χ3n) is 3.04. The maximum absolute atomic E-state index is 13.0. The summed E-state index contributed by atoms with van der Waals surface area (Å²) in [7, 11) is -3.93. The lowest BCUT2D eigenvalue weighted by molar-refractivity contribution is 0.592. The standard InChI is InChI=1S/C15H16FN3O2S/c1-11-2-6-13(7-3-11)19(10-15(17)18)22(20,21)14-8-4-12(16)5-9-14/h2-9H,10H2,1H3,(H3,17,18). The number of hydrogen-bond donors (Lipinski definition) is 2. The highest BCUT2D eigenvalue weighted by Crippen LogP contribution is 2.24. The van der Waals surface area contributed by atoms with Gasteiger partial charge < -0.3 is 5.73 Å². The third kappa shape index (κ3) is 3.43. The molecule has 0 aromatic heterocycles. The fourth-order valence-electron chi connectivity index (χ4n) is 1.91. The Kier molecular flexibility index (Phi) is 4.46. The Labute approximate surface area is 128 Å². The summed E-state index contributed by atoms with van der Waals surface area (Å²) in [5.41, 5.74) is 6.75. The van der Waals surface area contributed by atoms with Crippen LogP contribution < -0.4 is 10.0 Å². The van der Waals surface area contributed by atoms with E-state index in [1.165, 1.54) is 12.1 Å². The van der Waals surface area contributed by atoms with Crippen molar-refractivity contribution >= 4 is 21.5 Å². The molecule has 0 radical (unpaired) electrons. The van der Waals surface area contributed by atoms with Gasteiger partial charge in [0.1, 0.15) is 11.7 Å². The Morgan fingerprint density at radius 2 is 1.68 bits per heavy atom. The maximum atomic E-state index is 13.0. The van der Waals surface area contributed by atoms with Crippen molar-refractivity contribution in [3.8, 4) is 0 Å². The number of rotatable bonds is 5. The second-order valence-corrected chi connectivity index (χ2v) is 6.69. The van der Waals surface area contributed by atoms with Gasteiger partial charge >= 0.3 is 0 Å². The normalized spacial score (nSPS) is 11.2. The first-order chi connectivity index (χ1) is 10.3. The van der Waals surface area contributed by atoms with Crippen molar-refractivity contribution in [3.63, 3.8) is 0 Å². The molecule has 0 fully saturated rings. The monoisotopic (exact) mass is 321 g/mol. The summed E-state index contributed by atoms with van der Waals surface area (Å²) in [5.74, 6) is -0.807. The van der Waals surface area contributed by atoms with Gasteiger partial charge in [0.25, 0.3) is 10.0 Å². The second kappa shape index (κ2) is 6.15. The van der Waals surface area contributed by atoms with Crippen molar-refractivity contribution in [2.45, 2.75) is 11.8 Å². The number of nitrogens with one attached hydrogen (secondary N) is 1. The minimum atomic E-state index is -3.93. The average molecular weight is 321 g/mol. The number of nitrogens with two attached hydrogens (primary N) is 1. The molecular weight excluding hydrogens is 305 g/mol. The van der Waals surface area contributed by atoms with Crippen molar-refractivity contribution in [2.75, 3.05) is 10.8 Å². The van der Waals surface area contributed by atoms with E-state index in [0.717, 1.165) is 22.0 Å². The van der Waals surface area contributed by atoms with Crippen LogP contribution in [0.2, 0.25) is 0 Å². The van der Waals surface area contributed by atoms with Gasteiger partial charge in [-0.15, -0.1) is 0 Å². The van der Waals surface area contributed by atoms with Crippen molar-refractivity contribution in [3.05, 3.63) is 59.9 Å². The number of amidine groups is 1. The van der Waals surface area contributed by atoms with Gasteiger partial charge in [0, 0.05) is 0 Å². The minimum Gasteiger partial charge on any atom is -0.386 e. The van der Waals surface area contributed by atoms with Crippen LogP contribution in [0.15, 0.2) is 53.4 Å². The van der Waals surface area contributed by atoms with Crippen LogP contribution in [0.5, 0.6) is 0 Å². The van der Waals surface area contributed by atoms with E-state index in [0.29, 0.717) is 5.69 Å². The first-order valence-corrected chi connectivity index (χ1v) is 7.92. The molecule has 5 nitrogen and oxygen atoms in total. The zero-order chi connectivity index (χ0) is 16.3. The minimum absolute atomic E-state index is 0.0595. The number of benzene rings is 2. The third-order valence-corrected chi connectivity index (χ3v) is 4.83. The quantitative estimate of drug-likeness (QED) is 0.654. The Hall–Kier alpha value is -2.41. The molecule has 0 unspecified atom stereocenters. The topological polar surface area (TPSA) is 87.2 Å². The zero-order valence-electron chi connectivity index (χ0n) is 12.0. The van der Waals surface area contributed by atoms with Crippen LogP contribution in [0, 0.1) is 18.2 Å². The van der Waals surface area contributed by atoms with Gasteiger partial charge in [-0.25, -0.2) is 12.8 Å². The maximum Gasteiger partial charge on any atom is 0.264 e. The summed E-state index contributed by atoms with van der Waals surface area (Å²) in [4.78, 5) is -0.0595. The predicted octanol–water partition coefficient (Wildman–Crippen LogP) is 2.27. The Bertz CT molecular complexity index is 771. The van der Waals surface area contributed by atoms with Crippen LogP contribution in [0.25, 0.3) is 0 Å². The van der Waals surface area contributed by atoms with E-state index in [2.05, 4.69) is 0 Å². The molecule has 0 bridgehead atoms. The molecule has 0 atom stereocenters. The smallest absolute Gasteiger partial charge is 0.264 e. The molecule has 22 heavy (non-hydrogen) atoms. The van der Waals surface area contributed by atoms with Crippen LogP contribution in [0.3, 0.4) is 0 Å². The summed E-state index contributed by atoms with van der Waals surface area (Å²) in [6.45, 7) is 1.61. The van der Waals surface area contributed by atoms with Crippen molar-refractivity contribution in [2.24, 2.45) is 5.73 Å². The van der Waals surface area contributed by atoms with E-state index in [9.17, 15) is 12.8 Å². The van der Waals surface area contributed by atoms with Crippen LogP contribution in [-0.2, 0) is 10.0 Å². The van der Waals surface area contributed by atoms with E-state index in [1.807, 2.05) is 6.92 Å². The molecule has 0 aliphatic heterocycles. The number of hydrogen-bond acceptors (Lipinski definition) is 3. The van der Waals surface area contributed by atoms with Crippen LogP contribution in [0.1, 0.15) is 5.56 Å². The lowest BCUT2D eigenvalue weighted by Gasteiger charge is -2.24. The van der Waals surface area contributed by atoms with E-state index in [1.54, 1.807) is 24.3 Å². The number of sulfonamides is 1. The van der Waals surface area contributed by atoms with E-state index in [4.69, 9.17) is 11.1 Å². The molecule has 0 aliphatic carbocycles. The molecule has 0 spiro atoms. The number of anilines is 1. The highest BCUT2D eigenvalue weighted by Gasteiger charge is 2.25. The summed E-state index contributed by atoms with van der Waals surface area (Å²) in [6, 6.07) is 11.3. The van der Waals surface area contributed by atoms with E-state index >= 15 is 0 Å². The van der Waals surface area contributed by atoms with Crippen molar-refractivity contribution in [1.29, 1.82) is 5.41 Å². The van der Waals surface area contributed by atoms with Crippen LogP contribution in [0.4, 0.5) is 10.1 Å². The molecule has 0 saturated heterocycles. The average Bonchev–Trinajstić information content (AvgIpc) is 2.46. The molecule has 0 heterocycles. The molecular formula is C15H16FN3O2S. The molecule has 2 aromatic carbocycles.